The molecular weight excluding hydrogens is 432 g/mol. The monoisotopic (exact) mass is 435 g/mol. The molecule has 0 atom stereocenters. The average molecular weight is 435 g/mol. The summed E-state index contributed by atoms with van der Waals surface area (Å²) in [7, 11) is 0. The van der Waals surface area contributed by atoms with E-state index in [0.717, 1.165) is 0 Å². The smallest absolute Gasteiger partial charge is 0.238 e. The van der Waals surface area contributed by atoms with Crippen LogP contribution in [0.5, 0.6) is 0 Å². The minimum atomic E-state index is -5.14. The molecule has 0 unspecified atom stereocenters. The maximum atomic E-state index is 12.5. The first-order valence-electron chi connectivity index (χ1n) is 4.82. The number of benzene rings is 1. The zero-order chi connectivity index (χ0) is 16.6. The van der Waals surface area contributed by atoms with Gasteiger partial charge in [0.1, 0.15) is 0 Å². The third-order valence-electron chi connectivity index (χ3n) is 2.03. The number of rotatable bonds is 1. The zero-order valence-corrected chi connectivity index (χ0v) is 11.6. The molecule has 21 heavy (non-hydrogen) atoms. The van der Waals surface area contributed by atoms with Crippen LogP contribution < -0.4 is 0 Å². The van der Waals surface area contributed by atoms with Gasteiger partial charge in [0.2, 0.25) is 0 Å². The van der Waals surface area contributed by atoms with Gasteiger partial charge in [-0.2, -0.15) is 39.5 Å². The van der Waals surface area contributed by atoms with E-state index in [2.05, 4.69) is 4.99 Å². The molecule has 0 saturated carbocycles. The SMILES string of the molecule is FC(F)(F)C(I)=Nc1cc(C(F)(F)F)cc(C(F)(F)F)c1. The van der Waals surface area contributed by atoms with Crippen LogP contribution in [0.3, 0.4) is 0 Å². The van der Waals surface area contributed by atoms with Crippen molar-refractivity contribution < 1.29 is 39.5 Å². The predicted molar refractivity (Wildman–Crippen MR) is 63.6 cm³/mol. The molecule has 0 amide bonds. The van der Waals surface area contributed by atoms with E-state index in [1.807, 2.05) is 0 Å². The Morgan fingerprint density at radius 3 is 1.43 bits per heavy atom. The van der Waals surface area contributed by atoms with Crippen molar-refractivity contribution in [3.05, 3.63) is 29.3 Å². The first kappa shape index (κ1) is 18.0. The Balaban J connectivity index is 3.47. The van der Waals surface area contributed by atoms with E-state index in [9.17, 15) is 39.5 Å². The lowest BCUT2D eigenvalue weighted by Gasteiger charge is -2.13. The molecule has 0 fully saturated rings. The molecule has 0 heterocycles. The molecule has 0 aromatic heterocycles. The van der Waals surface area contributed by atoms with Crippen molar-refractivity contribution >= 4 is 32.0 Å². The van der Waals surface area contributed by atoms with Crippen molar-refractivity contribution in [3.63, 3.8) is 0 Å². The molecule has 118 valence electrons. The van der Waals surface area contributed by atoms with Crippen molar-refractivity contribution in [2.24, 2.45) is 4.99 Å². The number of alkyl halides is 9. The predicted octanol–water partition coefficient (Wildman–Crippen LogP) is 5.75. The summed E-state index contributed by atoms with van der Waals surface area (Å²) in [5.74, 6) is 0. The fourth-order valence-corrected chi connectivity index (χ4v) is 1.46. The first-order valence-corrected chi connectivity index (χ1v) is 5.90. The summed E-state index contributed by atoms with van der Waals surface area (Å²) in [6.07, 6.45) is -15.3. The maximum absolute atomic E-state index is 12.5. The van der Waals surface area contributed by atoms with Crippen LogP contribution in [0, 0.1) is 0 Å². The standard InChI is InChI=1S/C10H3F9IN/c11-8(12,13)4-1-5(9(14,15)16)3-6(2-4)21-7(20)10(17,18)19/h1-3H. The van der Waals surface area contributed by atoms with Crippen molar-refractivity contribution in [1.82, 2.24) is 0 Å². The second-order valence-corrected chi connectivity index (χ2v) is 4.69. The summed E-state index contributed by atoms with van der Waals surface area (Å²) < 4.78 is 110. The Kier molecular flexibility index (Phi) is 4.85. The van der Waals surface area contributed by atoms with Gasteiger partial charge in [0.15, 0.2) is 3.72 Å². The van der Waals surface area contributed by atoms with E-state index in [1.54, 1.807) is 0 Å². The van der Waals surface area contributed by atoms with Crippen molar-refractivity contribution in [3.8, 4) is 0 Å². The van der Waals surface area contributed by atoms with Gasteiger partial charge in [0.25, 0.3) is 0 Å². The van der Waals surface area contributed by atoms with Gasteiger partial charge in [-0.3, -0.25) is 0 Å². The third-order valence-corrected chi connectivity index (χ3v) is 2.89. The highest BCUT2D eigenvalue weighted by Crippen LogP contribution is 2.38. The Morgan fingerprint density at radius 1 is 0.762 bits per heavy atom. The molecular formula is C10H3F9IN. The maximum Gasteiger partial charge on any atom is 0.439 e. The van der Waals surface area contributed by atoms with Gasteiger partial charge < -0.3 is 0 Å². The van der Waals surface area contributed by atoms with Gasteiger partial charge in [0, 0.05) is 0 Å². The summed E-state index contributed by atoms with van der Waals surface area (Å²) >= 11 is 0.680. The summed E-state index contributed by atoms with van der Waals surface area (Å²) in [6, 6.07) is 0.0265. The van der Waals surface area contributed by atoms with E-state index < -0.39 is 39.1 Å². The molecule has 0 spiro atoms. The van der Waals surface area contributed by atoms with Crippen LogP contribution in [0.1, 0.15) is 11.1 Å². The molecule has 0 aliphatic heterocycles. The van der Waals surface area contributed by atoms with Crippen LogP contribution in [0.15, 0.2) is 23.2 Å². The topological polar surface area (TPSA) is 12.4 Å². The molecule has 1 nitrogen and oxygen atoms in total. The lowest BCUT2D eigenvalue weighted by molar-refractivity contribution is -0.143. The second kappa shape index (κ2) is 5.65. The van der Waals surface area contributed by atoms with Crippen molar-refractivity contribution in [1.29, 1.82) is 0 Å². The Bertz CT molecular complexity index is 521. The number of hydrogen-bond donors (Lipinski definition) is 0. The zero-order valence-electron chi connectivity index (χ0n) is 9.46. The lowest BCUT2D eigenvalue weighted by atomic mass is 10.1. The van der Waals surface area contributed by atoms with Crippen LogP contribution in [-0.2, 0) is 12.4 Å². The Hall–Kier alpha value is -1.01. The van der Waals surface area contributed by atoms with Crippen molar-refractivity contribution in [2.45, 2.75) is 18.5 Å². The van der Waals surface area contributed by atoms with Crippen LogP contribution >= 0.6 is 22.6 Å². The van der Waals surface area contributed by atoms with Crippen LogP contribution in [0.2, 0.25) is 0 Å². The molecule has 1 rings (SSSR count). The van der Waals surface area contributed by atoms with Gasteiger partial charge in [-0.25, -0.2) is 4.99 Å². The van der Waals surface area contributed by atoms with Gasteiger partial charge >= 0.3 is 18.5 Å². The molecule has 0 bridgehead atoms. The minimum absolute atomic E-state index is 0.111. The van der Waals surface area contributed by atoms with E-state index in [-0.39, 0.29) is 18.2 Å². The number of halogens is 10. The molecule has 0 radical (unpaired) electrons. The van der Waals surface area contributed by atoms with Crippen LogP contribution in [-0.4, -0.2) is 9.89 Å². The van der Waals surface area contributed by atoms with Gasteiger partial charge in [-0.05, 0) is 40.8 Å². The highest BCUT2D eigenvalue weighted by molar-refractivity contribution is 14.1. The van der Waals surface area contributed by atoms with Gasteiger partial charge in [-0.1, -0.05) is 0 Å². The summed E-state index contributed by atoms with van der Waals surface area (Å²) in [6.45, 7) is 0. The summed E-state index contributed by atoms with van der Waals surface area (Å²) in [4.78, 5) is 2.76. The fourth-order valence-electron chi connectivity index (χ4n) is 1.18. The normalized spacial score (nSPS) is 14.5. The number of aliphatic imine (C=N–C) groups is 1. The first-order chi connectivity index (χ1) is 9.21. The van der Waals surface area contributed by atoms with E-state index in [1.165, 1.54) is 0 Å². The second-order valence-electron chi connectivity index (χ2n) is 3.66. The summed E-state index contributed by atoms with van der Waals surface area (Å²) in [5, 5.41) is 0. The van der Waals surface area contributed by atoms with Crippen molar-refractivity contribution in [2.75, 3.05) is 0 Å². The quantitative estimate of drug-likeness (QED) is 0.303. The molecule has 11 heteroatoms. The number of nitrogens with zero attached hydrogens (tertiary/aromatic N) is 1. The highest BCUT2D eigenvalue weighted by atomic mass is 127. The average Bonchev–Trinajstić information content (AvgIpc) is 2.24. The van der Waals surface area contributed by atoms with Gasteiger partial charge in [0.05, 0.1) is 16.8 Å². The third kappa shape index (κ3) is 5.04. The van der Waals surface area contributed by atoms with E-state index >= 15 is 0 Å². The molecule has 0 aliphatic carbocycles. The van der Waals surface area contributed by atoms with Crippen LogP contribution in [0.4, 0.5) is 45.2 Å². The number of hydrogen-bond acceptors (Lipinski definition) is 1. The largest absolute Gasteiger partial charge is 0.439 e. The fraction of sp³-hybridized carbons (Fsp3) is 0.300. The lowest BCUT2D eigenvalue weighted by Crippen LogP contribution is -2.16. The van der Waals surface area contributed by atoms with Crippen LogP contribution in [0.25, 0.3) is 0 Å². The van der Waals surface area contributed by atoms with E-state index in [0.29, 0.717) is 22.6 Å². The highest BCUT2D eigenvalue weighted by Gasteiger charge is 2.38. The Morgan fingerprint density at radius 2 is 1.14 bits per heavy atom. The molecule has 0 N–H and O–H groups in total. The minimum Gasteiger partial charge on any atom is -0.238 e. The molecule has 1 aromatic rings. The summed E-state index contributed by atoms with van der Waals surface area (Å²) in [5.41, 5.74) is -4.55. The molecule has 0 aliphatic rings. The molecule has 0 saturated heterocycles. The Labute approximate surface area is 125 Å². The van der Waals surface area contributed by atoms with Gasteiger partial charge in [-0.15, -0.1) is 0 Å². The van der Waals surface area contributed by atoms with E-state index in [4.69, 9.17) is 0 Å². The molecule has 1 aromatic carbocycles.